The number of hydrogen-bond acceptors (Lipinski definition) is 2. The fourth-order valence-corrected chi connectivity index (χ4v) is 2.05. The molecule has 0 radical (unpaired) electrons. The molecule has 0 atom stereocenters. The zero-order valence-corrected chi connectivity index (χ0v) is 12.3. The minimum atomic E-state index is 0.542. The molecule has 2 N–H and O–H groups in total. The zero-order valence-electron chi connectivity index (χ0n) is 9.94. The first-order valence-electron chi connectivity index (χ1n) is 5.62. The summed E-state index contributed by atoms with van der Waals surface area (Å²) in [6.07, 6.45) is 3.36. The predicted molar refractivity (Wildman–Crippen MR) is 82.9 cm³/mol. The summed E-state index contributed by atoms with van der Waals surface area (Å²) in [6, 6.07) is 7.37. The highest BCUT2D eigenvalue weighted by molar-refractivity contribution is 7.80. The molecule has 0 unspecified atom stereocenters. The van der Waals surface area contributed by atoms with Gasteiger partial charge in [0.1, 0.15) is 0 Å². The minimum Gasteiger partial charge on any atom is -0.361 e. The Morgan fingerprint density at radius 1 is 1.32 bits per heavy atom. The molecule has 0 amide bonds. The van der Waals surface area contributed by atoms with Gasteiger partial charge in [-0.2, -0.15) is 5.10 Å². The standard InChI is InChI=1S/C12H12Cl2N4S/c13-9-2-1-3-11(6-9)17-12(19)15-4-5-18-8-10(14)7-16-18/h1-3,6-8H,4-5H2,(H2,15,17,19). The van der Waals surface area contributed by atoms with Crippen LogP contribution in [0.5, 0.6) is 0 Å². The summed E-state index contributed by atoms with van der Waals surface area (Å²) in [5.74, 6) is 0. The Morgan fingerprint density at radius 2 is 2.16 bits per heavy atom. The van der Waals surface area contributed by atoms with Crippen LogP contribution >= 0.6 is 35.4 Å². The van der Waals surface area contributed by atoms with Gasteiger partial charge in [-0.3, -0.25) is 4.68 Å². The van der Waals surface area contributed by atoms with Gasteiger partial charge in [0.25, 0.3) is 0 Å². The van der Waals surface area contributed by atoms with Crippen molar-refractivity contribution in [2.24, 2.45) is 0 Å². The molecular weight excluding hydrogens is 303 g/mol. The molecule has 0 bridgehead atoms. The van der Waals surface area contributed by atoms with Gasteiger partial charge in [-0.05, 0) is 30.4 Å². The van der Waals surface area contributed by atoms with Crippen molar-refractivity contribution in [3.8, 4) is 0 Å². The van der Waals surface area contributed by atoms with Crippen molar-refractivity contribution in [3.05, 3.63) is 46.7 Å². The molecule has 1 aromatic carbocycles. The van der Waals surface area contributed by atoms with E-state index in [1.165, 1.54) is 0 Å². The lowest BCUT2D eigenvalue weighted by Crippen LogP contribution is -2.31. The topological polar surface area (TPSA) is 41.9 Å². The van der Waals surface area contributed by atoms with E-state index in [-0.39, 0.29) is 0 Å². The molecule has 1 heterocycles. The Kier molecular flexibility index (Phi) is 5.01. The van der Waals surface area contributed by atoms with E-state index in [9.17, 15) is 0 Å². The van der Waals surface area contributed by atoms with Crippen LogP contribution in [0.1, 0.15) is 0 Å². The van der Waals surface area contributed by atoms with Crippen LogP contribution in [-0.2, 0) is 6.54 Å². The van der Waals surface area contributed by atoms with Gasteiger partial charge in [0.15, 0.2) is 5.11 Å². The average molecular weight is 315 g/mol. The van der Waals surface area contributed by atoms with Crippen LogP contribution in [-0.4, -0.2) is 21.4 Å². The summed E-state index contributed by atoms with van der Waals surface area (Å²) >= 11 is 16.8. The van der Waals surface area contributed by atoms with Gasteiger partial charge >= 0.3 is 0 Å². The smallest absolute Gasteiger partial charge is 0.170 e. The van der Waals surface area contributed by atoms with Crippen molar-refractivity contribution >= 4 is 46.2 Å². The first-order chi connectivity index (χ1) is 9.13. The Hall–Kier alpha value is -1.30. The van der Waals surface area contributed by atoms with Crippen molar-refractivity contribution in [1.82, 2.24) is 15.1 Å². The van der Waals surface area contributed by atoms with Crippen LogP contribution in [0.3, 0.4) is 0 Å². The first kappa shape index (κ1) is 14.1. The number of aromatic nitrogens is 2. The molecule has 0 aliphatic carbocycles. The monoisotopic (exact) mass is 314 g/mol. The summed E-state index contributed by atoms with van der Waals surface area (Å²) in [4.78, 5) is 0. The highest BCUT2D eigenvalue weighted by atomic mass is 35.5. The quantitative estimate of drug-likeness (QED) is 0.851. The molecule has 7 heteroatoms. The van der Waals surface area contributed by atoms with Crippen LogP contribution in [0, 0.1) is 0 Å². The number of thiocarbonyl (C=S) groups is 1. The molecule has 4 nitrogen and oxygen atoms in total. The lowest BCUT2D eigenvalue weighted by Gasteiger charge is -2.10. The third-order valence-electron chi connectivity index (χ3n) is 2.31. The van der Waals surface area contributed by atoms with E-state index in [0.717, 1.165) is 5.69 Å². The summed E-state index contributed by atoms with van der Waals surface area (Å²) in [6.45, 7) is 1.34. The summed E-state index contributed by atoms with van der Waals surface area (Å²) in [5.41, 5.74) is 0.854. The molecule has 0 spiro atoms. The summed E-state index contributed by atoms with van der Waals surface area (Å²) in [5, 5.41) is 12.0. The second-order valence-corrected chi connectivity index (χ2v) is 5.09. The van der Waals surface area contributed by atoms with Gasteiger partial charge in [0, 0.05) is 23.5 Å². The lowest BCUT2D eigenvalue weighted by atomic mass is 10.3. The van der Waals surface area contributed by atoms with Crippen molar-refractivity contribution in [2.45, 2.75) is 6.54 Å². The van der Waals surface area contributed by atoms with Gasteiger partial charge in [-0.15, -0.1) is 0 Å². The number of hydrogen-bond donors (Lipinski definition) is 2. The van der Waals surface area contributed by atoms with Gasteiger partial charge in [0.2, 0.25) is 0 Å². The van der Waals surface area contributed by atoms with Crippen molar-refractivity contribution in [3.63, 3.8) is 0 Å². The second-order valence-electron chi connectivity index (χ2n) is 3.81. The maximum Gasteiger partial charge on any atom is 0.170 e. The molecule has 2 rings (SSSR count). The number of nitrogens with zero attached hydrogens (tertiary/aromatic N) is 2. The van der Waals surface area contributed by atoms with Gasteiger partial charge in [0.05, 0.1) is 17.8 Å². The molecule has 0 aliphatic rings. The highest BCUT2D eigenvalue weighted by Gasteiger charge is 1.99. The Morgan fingerprint density at radius 3 is 2.84 bits per heavy atom. The van der Waals surface area contributed by atoms with Crippen molar-refractivity contribution in [2.75, 3.05) is 11.9 Å². The first-order valence-corrected chi connectivity index (χ1v) is 6.78. The maximum absolute atomic E-state index is 5.89. The van der Waals surface area contributed by atoms with Crippen LogP contribution in [0.25, 0.3) is 0 Å². The van der Waals surface area contributed by atoms with E-state index in [2.05, 4.69) is 15.7 Å². The van der Waals surface area contributed by atoms with E-state index in [0.29, 0.717) is 28.2 Å². The molecule has 0 saturated heterocycles. The SMILES string of the molecule is S=C(NCCn1cc(Cl)cn1)Nc1cccc(Cl)c1. The lowest BCUT2D eigenvalue weighted by molar-refractivity contribution is 0.604. The zero-order chi connectivity index (χ0) is 13.7. The number of benzene rings is 1. The van der Waals surface area contributed by atoms with E-state index < -0.39 is 0 Å². The number of nitrogens with one attached hydrogen (secondary N) is 2. The largest absolute Gasteiger partial charge is 0.361 e. The molecule has 0 fully saturated rings. The third-order valence-corrected chi connectivity index (χ3v) is 2.99. The van der Waals surface area contributed by atoms with Crippen LogP contribution < -0.4 is 10.6 Å². The molecule has 19 heavy (non-hydrogen) atoms. The highest BCUT2D eigenvalue weighted by Crippen LogP contribution is 2.14. The van der Waals surface area contributed by atoms with E-state index >= 15 is 0 Å². The average Bonchev–Trinajstić information content (AvgIpc) is 2.75. The number of halogens is 2. The fraction of sp³-hybridized carbons (Fsp3) is 0.167. The van der Waals surface area contributed by atoms with Gasteiger partial charge < -0.3 is 10.6 Å². The van der Waals surface area contributed by atoms with Gasteiger partial charge in [-0.1, -0.05) is 29.3 Å². The Balaban J connectivity index is 1.76. The van der Waals surface area contributed by atoms with E-state index in [1.807, 2.05) is 24.3 Å². The number of anilines is 1. The minimum absolute atomic E-state index is 0.542. The van der Waals surface area contributed by atoms with Crippen LogP contribution in [0.15, 0.2) is 36.7 Å². The predicted octanol–water partition coefficient (Wildman–Crippen LogP) is 3.18. The molecular formula is C12H12Cl2N4S. The Labute approximate surface area is 126 Å². The van der Waals surface area contributed by atoms with Gasteiger partial charge in [-0.25, -0.2) is 0 Å². The molecule has 0 saturated carbocycles. The summed E-state index contributed by atoms with van der Waals surface area (Å²) in [7, 11) is 0. The van der Waals surface area contributed by atoms with Crippen LogP contribution in [0.4, 0.5) is 5.69 Å². The van der Waals surface area contributed by atoms with E-state index in [1.54, 1.807) is 17.1 Å². The third kappa shape index (κ3) is 4.70. The molecule has 0 aliphatic heterocycles. The number of rotatable bonds is 4. The molecule has 100 valence electrons. The normalized spacial score (nSPS) is 10.2. The second kappa shape index (κ2) is 6.75. The molecule has 1 aromatic heterocycles. The van der Waals surface area contributed by atoms with Crippen molar-refractivity contribution in [1.29, 1.82) is 0 Å². The fourth-order valence-electron chi connectivity index (χ4n) is 1.49. The maximum atomic E-state index is 5.89. The summed E-state index contributed by atoms with van der Waals surface area (Å²) < 4.78 is 1.75. The Bertz CT molecular complexity index is 570. The van der Waals surface area contributed by atoms with E-state index in [4.69, 9.17) is 35.4 Å². The van der Waals surface area contributed by atoms with Crippen molar-refractivity contribution < 1.29 is 0 Å². The van der Waals surface area contributed by atoms with Crippen LogP contribution in [0.2, 0.25) is 10.0 Å². The molecule has 2 aromatic rings.